The summed E-state index contributed by atoms with van der Waals surface area (Å²) in [7, 11) is 0. The number of rotatable bonds is 3. The fourth-order valence-corrected chi connectivity index (χ4v) is 13.4. The molecule has 0 nitrogen and oxygen atoms in total. The fourth-order valence-electron chi connectivity index (χ4n) is 3.89. The second-order valence-corrected chi connectivity index (χ2v) is 29.1. The van der Waals surface area contributed by atoms with Gasteiger partial charge in [-0.3, -0.25) is 0 Å². The molecule has 0 atom stereocenters. The SMILES string of the molecule is Cc1ccc(-c2c3c[c]([Sn]([CH3])([CH3])[CH3])sc3c(-c3ccc(C)s3)c3cc(C)sc23)s1. The van der Waals surface area contributed by atoms with Crippen LogP contribution in [0.15, 0.2) is 36.4 Å². The molecule has 0 radical (unpaired) electrons. The van der Waals surface area contributed by atoms with E-state index in [1.54, 1.807) is 2.89 Å². The Balaban J connectivity index is 1.99. The topological polar surface area (TPSA) is 0 Å². The van der Waals surface area contributed by atoms with Gasteiger partial charge in [-0.25, -0.2) is 0 Å². The molecule has 0 spiro atoms. The summed E-state index contributed by atoms with van der Waals surface area (Å²) in [5.41, 5.74) is 2.95. The van der Waals surface area contributed by atoms with E-state index < -0.39 is 18.4 Å². The second kappa shape index (κ2) is 7.20. The van der Waals surface area contributed by atoms with Gasteiger partial charge in [-0.2, -0.15) is 0 Å². The van der Waals surface area contributed by atoms with Crippen LogP contribution in [0.3, 0.4) is 0 Å². The van der Waals surface area contributed by atoms with E-state index in [0.717, 1.165) is 0 Å². The predicted molar refractivity (Wildman–Crippen MR) is 141 cm³/mol. The normalized spacial score (nSPS) is 12.5. The van der Waals surface area contributed by atoms with Crippen LogP contribution in [-0.2, 0) is 0 Å². The van der Waals surface area contributed by atoms with Crippen molar-refractivity contribution in [3.8, 4) is 20.9 Å². The van der Waals surface area contributed by atoms with Crippen molar-refractivity contribution in [3.05, 3.63) is 51.0 Å². The molecule has 0 aliphatic carbocycles. The van der Waals surface area contributed by atoms with E-state index >= 15 is 0 Å². The fraction of sp³-hybridized carbons (Fsp3) is 0.250. The van der Waals surface area contributed by atoms with Crippen molar-refractivity contribution < 1.29 is 0 Å². The van der Waals surface area contributed by atoms with Crippen molar-refractivity contribution in [2.45, 2.75) is 35.6 Å². The zero-order valence-electron chi connectivity index (χ0n) is 17.6. The predicted octanol–water partition coefficient (Wildman–Crippen LogP) is 9.04. The summed E-state index contributed by atoms with van der Waals surface area (Å²) < 4.78 is 4.64. The van der Waals surface area contributed by atoms with Crippen LogP contribution in [0.1, 0.15) is 14.6 Å². The Morgan fingerprint density at radius 3 is 1.59 bits per heavy atom. The van der Waals surface area contributed by atoms with Crippen LogP contribution in [0, 0.1) is 20.8 Å². The average molecular weight is 559 g/mol. The molecule has 4 aromatic heterocycles. The molecule has 148 valence electrons. The third-order valence-corrected chi connectivity index (χ3v) is 19.0. The molecule has 5 heteroatoms. The van der Waals surface area contributed by atoms with E-state index in [0.29, 0.717) is 0 Å². The summed E-state index contributed by atoms with van der Waals surface area (Å²) in [6.45, 7) is 6.69. The van der Waals surface area contributed by atoms with Crippen molar-refractivity contribution in [2.75, 3.05) is 0 Å². The van der Waals surface area contributed by atoms with E-state index in [2.05, 4.69) is 83.3 Å². The summed E-state index contributed by atoms with van der Waals surface area (Å²) >= 11 is 5.73. The third-order valence-electron chi connectivity index (χ3n) is 5.29. The Kier molecular flexibility index (Phi) is 5.03. The molecule has 0 amide bonds. The maximum absolute atomic E-state index is 2.57. The van der Waals surface area contributed by atoms with Crippen LogP contribution >= 0.6 is 45.3 Å². The minimum atomic E-state index is -2.18. The Morgan fingerprint density at radius 1 is 0.586 bits per heavy atom. The number of hydrogen-bond acceptors (Lipinski definition) is 4. The second-order valence-electron chi connectivity index (χ2n) is 8.77. The molecule has 4 heterocycles. The molecule has 0 fully saturated rings. The summed E-state index contributed by atoms with van der Waals surface area (Å²) in [5, 5.41) is 2.93. The standard InChI is InChI=1S/C21H15S4.3CH3.Sn/c1-11-4-6-16(23-11)18-14-8-9-22-20(14)19(17-7-5-12(2)24-17)15-10-13(3)25-21(15)18;;;;/h4-8,10H,1-3H3;3*1H3;. The number of fused-ring (bicyclic) bond motifs is 2. The number of hydrogen-bond donors (Lipinski definition) is 0. The van der Waals surface area contributed by atoms with Crippen molar-refractivity contribution in [2.24, 2.45) is 0 Å². The third kappa shape index (κ3) is 3.45. The van der Waals surface area contributed by atoms with E-state index in [9.17, 15) is 0 Å². The quantitative estimate of drug-likeness (QED) is 0.194. The van der Waals surface area contributed by atoms with E-state index in [4.69, 9.17) is 0 Å². The van der Waals surface area contributed by atoms with Crippen molar-refractivity contribution in [1.29, 1.82) is 0 Å². The first-order valence-electron chi connectivity index (χ1n) is 9.86. The molecule has 5 rings (SSSR count). The van der Waals surface area contributed by atoms with Gasteiger partial charge >= 0.3 is 194 Å². The van der Waals surface area contributed by atoms with Gasteiger partial charge in [-0.05, 0) is 0 Å². The number of benzene rings is 1. The molecule has 0 aliphatic rings. The summed E-state index contributed by atoms with van der Waals surface area (Å²) in [5.74, 6) is 0. The Morgan fingerprint density at radius 2 is 1.10 bits per heavy atom. The van der Waals surface area contributed by atoms with Crippen LogP contribution in [0.4, 0.5) is 0 Å². The zero-order valence-corrected chi connectivity index (χ0v) is 23.7. The molecular formula is C24H24S4Sn. The Hall–Kier alpha value is -0.661. The van der Waals surface area contributed by atoms with Crippen LogP contribution < -0.4 is 2.89 Å². The number of aryl methyl sites for hydroxylation is 3. The molecular weight excluding hydrogens is 535 g/mol. The van der Waals surface area contributed by atoms with Crippen LogP contribution in [-0.4, -0.2) is 18.4 Å². The van der Waals surface area contributed by atoms with E-state index in [1.165, 1.54) is 55.7 Å². The Labute approximate surface area is 192 Å². The van der Waals surface area contributed by atoms with Gasteiger partial charge in [-0.1, -0.05) is 0 Å². The minimum absolute atomic E-state index is 1.39. The summed E-state index contributed by atoms with van der Waals surface area (Å²) in [6.07, 6.45) is 0. The molecule has 29 heavy (non-hydrogen) atoms. The molecule has 0 bridgehead atoms. The molecule has 0 unspecified atom stereocenters. The van der Waals surface area contributed by atoms with Crippen molar-refractivity contribution in [3.63, 3.8) is 0 Å². The molecule has 0 aliphatic heterocycles. The van der Waals surface area contributed by atoms with Crippen LogP contribution in [0.25, 0.3) is 41.1 Å². The van der Waals surface area contributed by atoms with Crippen molar-refractivity contribution >= 4 is 86.8 Å². The van der Waals surface area contributed by atoms with Gasteiger partial charge in [0.15, 0.2) is 0 Å². The van der Waals surface area contributed by atoms with Crippen LogP contribution in [0.5, 0.6) is 0 Å². The first-order valence-corrected chi connectivity index (χ1v) is 23.1. The average Bonchev–Trinajstić information content (AvgIpc) is 3.38. The first kappa shape index (κ1) is 20.3. The molecule has 0 N–H and O–H groups in total. The van der Waals surface area contributed by atoms with Gasteiger partial charge < -0.3 is 0 Å². The van der Waals surface area contributed by atoms with Gasteiger partial charge in [0.2, 0.25) is 0 Å². The van der Waals surface area contributed by atoms with Gasteiger partial charge in [0.25, 0.3) is 0 Å². The molecule has 0 saturated heterocycles. The van der Waals surface area contributed by atoms with Crippen molar-refractivity contribution in [1.82, 2.24) is 0 Å². The monoisotopic (exact) mass is 560 g/mol. The van der Waals surface area contributed by atoms with Gasteiger partial charge in [0.1, 0.15) is 0 Å². The van der Waals surface area contributed by atoms with Gasteiger partial charge in [0, 0.05) is 0 Å². The molecule has 0 saturated carbocycles. The van der Waals surface area contributed by atoms with Gasteiger partial charge in [0.05, 0.1) is 0 Å². The molecule has 5 aromatic rings. The number of thiophene rings is 4. The Bertz CT molecular complexity index is 1270. The maximum atomic E-state index is 2.57. The van der Waals surface area contributed by atoms with E-state index in [-0.39, 0.29) is 0 Å². The summed E-state index contributed by atoms with van der Waals surface area (Å²) in [4.78, 5) is 14.6. The van der Waals surface area contributed by atoms with Crippen LogP contribution in [0.2, 0.25) is 14.8 Å². The zero-order chi connectivity index (χ0) is 20.5. The van der Waals surface area contributed by atoms with E-state index in [1.807, 2.05) is 34.0 Å². The van der Waals surface area contributed by atoms with Gasteiger partial charge in [-0.15, -0.1) is 0 Å². The molecule has 1 aromatic carbocycles. The first-order chi connectivity index (χ1) is 13.7. The summed E-state index contributed by atoms with van der Waals surface area (Å²) in [6, 6.07) is 14.2.